The van der Waals surface area contributed by atoms with Gasteiger partial charge in [-0.1, -0.05) is 24.6 Å². The normalized spacial score (nSPS) is 23.9. The van der Waals surface area contributed by atoms with E-state index in [2.05, 4.69) is 51.2 Å². The van der Waals surface area contributed by atoms with Crippen LogP contribution in [0.25, 0.3) is 0 Å². The van der Waals surface area contributed by atoms with E-state index in [-0.39, 0.29) is 5.54 Å². The molecule has 1 aromatic rings. The highest BCUT2D eigenvalue weighted by atomic mass is 15.0. The van der Waals surface area contributed by atoms with Crippen LogP contribution in [0.15, 0.2) is 18.2 Å². The maximum Gasteiger partial charge on any atom is 0.0377 e. The molecule has 2 rings (SSSR count). The SMILES string of the molecule is Cc1ccc2c(c1)CC(C)C(C)(C)N2. The molecule has 0 radical (unpaired) electrons. The fourth-order valence-electron chi connectivity index (χ4n) is 2.07. The van der Waals surface area contributed by atoms with Crippen LogP contribution in [0.2, 0.25) is 0 Å². The van der Waals surface area contributed by atoms with Gasteiger partial charge in [0.25, 0.3) is 0 Å². The number of fused-ring (bicyclic) bond motifs is 1. The Hall–Kier alpha value is -0.980. The number of aryl methyl sites for hydroxylation is 1. The van der Waals surface area contributed by atoms with Gasteiger partial charge in [-0.3, -0.25) is 0 Å². The van der Waals surface area contributed by atoms with Crippen LogP contribution < -0.4 is 5.32 Å². The van der Waals surface area contributed by atoms with Gasteiger partial charge in [0.05, 0.1) is 0 Å². The predicted octanol–water partition coefficient (Wildman–Crippen LogP) is 3.38. The predicted molar refractivity (Wildman–Crippen MR) is 61.7 cm³/mol. The topological polar surface area (TPSA) is 12.0 Å². The van der Waals surface area contributed by atoms with E-state index >= 15 is 0 Å². The lowest BCUT2D eigenvalue weighted by atomic mass is 9.80. The zero-order valence-corrected chi connectivity index (χ0v) is 9.52. The summed E-state index contributed by atoms with van der Waals surface area (Å²) in [4.78, 5) is 0. The molecule has 1 atom stereocenters. The molecule has 1 nitrogen and oxygen atoms in total. The van der Waals surface area contributed by atoms with Crippen molar-refractivity contribution in [2.75, 3.05) is 5.32 Å². The monoisotopic (exact) mass is 189 g/mol. The summed E-state index contributed by atoms with van der Waals surface area (Å²) in [6, 6.07) is 6.68. The van der Waals surface area contributed by atoms with E-state index < -0.39 is 0 Å². The van der Waals surface area contributed by atoms with Crippen molar-refractivity contribution in [2.24, 2.45) is 5.92 Å². The number of hydrogen-bond donors (Lipinski definition) is 1. The third-order valence-corrected chi connectivity index (χ3v) is 3.48. The quantitative estimate of drug-likeness (QED) is 0.659. The molecule has 0 fully saturated rings. The summed E-state index contributed by atoms with van der Waals surface area (Å²) in [7, 11) is 0. The Bertz CT molecular complexity index is 352. The second-order valence-electron chi connectivity index (χ2n) is 5.11. The van der Waals surface area contributed by atoms with Gasteiger partial charge >= 0.3 is 0 Å². The molecule has 0 saturated carbocycles. The molecule has 0 spiro atoms. The van der Waals surface area contributed by atoms with Gasteiger partial charge < -0.3 is 5.32 Å². The lowest BCUT2D eigenvalue weighted by Crippen LogP contribution is -2.42. The largest absolute Gasteiger partial charge is 0.380 e. The van der Waals surface area contributed by atoms with E-state index in [4.69, 9.17) is 0 Å². The lowest BCUT2D eigenvalue weighted by Gasteiger charge is -2.39. The molecule has 1 N–H and O–H groups in total. The first-order valence-corrected chi connectivity index (χ1v) is 5.37. The van der Waals surface area contributed by atoms with Crippen LogP contribution in [-0.4, -0.2) is 5.54 Å². The summed E-state index contributed by atoms with van der Waals surface area (Å²) >= 11 is 0. The van der Waals surface area contributed by atoms with E-state index in [1.54, 1.807) is 0 Å². The minimum Gasteiger partial charge on any atom is -0.380 e. The van der Waals surface area contributed by atoms with Crippen molar-refractivity contribution in [2.45, 2.75) is 39.7 Å². The van der Waals surface area contributed by atoms with Gasteiger partial charge in [0, 0.05) is 11.2 Å². The van der Waals surface area contributed by atoms with E-state index in [1.807, 2.05) is 0 Å². The summed E-state index contributed by atoms with van der Waals surface area (Å²) in [5.74, 6) is 0.691. The van der Waals surface area contributed by atoms with E-state index in [0.717, 1.165) is 0 Å². The molecule has 1 heterocycles. The molecule has 0 saturated heterocycles. The summed E-state index contributed by atoms with van der Waals surface area (Å²) in [5.41, 5.74) is 4.37. The first-order valence-electron chi connectivity index (χ1n) is 5.37. The minimum atomic E-state index is 0.224. The summed E-state index contributed by atoms with van der Waals surface area (Å²) < 4.78 is 0. The molecule has 76 valence electrons. The summed E-state index contributed by atoms with van der Waals surface area (Å²) in [6.07, 6.45) is 1.19. The number of benzene rings is 1. The van der Waals surface area contributed by atoms with Crippen LogP contribution in [0, 0.1) is 12.8 Å². The van der Waals surface area contributed by atoms with Crippen LogP contribution >= 0.6 is 0 Å². The fraction of sp³-hybridized carbons (Fsp3) is 0.538. The van der Waals surface area contributed by atoms with Gasteiger partial charge in [-0.25, -0.2) is 0 Å². The first-order chi connectivity index (χ1) is 6.49. The molecular formula is C13H19N. The van der Waals surface area contributed by atoms with Gasteiger partial charge in [-0.05, 0) is 44.7 Å². The molecular weight excluding hydrogens is 170 g/mol. The van der Waals surface area contributed by atoms with Gasteiger partial charge in [-0.2, -0.15) is 0 Å². The zero-order chi connectivity index (χ0) is 10.3. The Morgan fingerprint density at radius 2 is 2.07 bits per heavy atom. The van der Waals surface area contributed by atoms with Crippen molar-refractivity contribution in [3.05, 3.63) is 29.3 Å². The van der Waals surface area contributed by atoms with Crippen molar-refractivity contribution < 1.29 is 0 Å². The Labute approximate surface area is 86.5 Å². The zero-order valence-electron chi connectivity index (χ0n) is 9.52. The highest BCUT2D eigenvalue weighted by Crippen LogP contribution is 2.34. The van der Waals surface area contributed by atoms with Gasteiger partial charge in [0.2, 0.25) is 0 Å². The number of anilines is 1. The average molecular weight is 189 g/mol. The second kappa shape index (κ2) is 3.01. The van der Waals surface area contributed by atoms with Crippen LogP contribution in [0.5, 0.6) is 0 Å². The average Bonchev–Trinajstić information content (AvgIpc) is 2.08. The molecule has 0 aromatic heterocycles. The van der Waals surface area contributed by atoms with E-state index in [1.165, 1.54) is 23.2 Å². The third-order valence-electron chi connectivity index (χ3n) is 3.48. The lowest BCUT2D eigenvalue weighted by molar-refractivity contribution is 0.362. The molecule has 1 aromatic carbocycles. The Balaban J connectivity index is 2.41. The van der Waals surface area contributed by atoms with Crippen molar-refractivity contribution in [3.63, 3.8) is 0 Å². The minimum absolute atomic E-state index is 0.224. The molecule has 1 aliphatic heterocycles. The van der Waals surface area contributed by atoms with Crippen LogP contribution in [0.3, 0.4) is 0 Å². The molecule has 1 aliphatic rings. The standard InChI is InChI=1S/C13H19N/c1-9-5-6-12-11(7-9)8-10(2)13(3,4)14-12/h5-7,10,14H,8H2,1-4H3. The Morgan fingerprint density at radius 3 is 2.79 bits per heavy atom. The van der Waals surface area contributed by atoms with E-state index in [0.29, 0.717) is 5.92 Å². The number of hydrogen-bond acceptors (Lipinski definition) is 1. The fourth-order valence-corrected chi connectivity index (χ4v) is 2.07. The van der Waals surface area contributed by atoms with Crippen LogP contribution in [-0.2, 0) is 6.42 Å². The maximum absolute atomic E-state index is 3.61. The summed E-state index contributed by atoms with van der Waals surface area (Å²) in [6.45, 7) is 9.03. The Morgan fingerprint density at radius 1 is 1.36 bits per heavy atom. The van der Waals surface area contributed by atoms with Crippen molar-refractivity contribution in [3.8, 4) is 0 Å². The van der Waals surface area contributed by atoms with Crippen LogP contribution in [0.1, 0.15) is 31.9 Å². The number of rotatable bonds is 0. The van der Waals surface area contributed by atoms with Crippen molar-refractivity contribution in [1.29, 1.82) is 0 Å². The third kappa shape index (κ3) is 1.52. The van der Waals surface area contributed by atoms with Crippen molar-refractivity contribution in [1.82, 2.24) is 0 Å². The van der Waals surface area contributed by atoms with Gasteiger partial charge in [0.1, 0.15) is 0 Å². The Kier molecular flexibility index (Phi) is 2.06. The second-order valence-corrected chi connectivity index (χ2v) is 5.11. The molecule has 14 heavy (non-hydrogen) atoms. The molecule has 0 amide bonds. The summed E-state index contributed by atoms with van der Waals surface area (Å²) in [5, 5.41) is 3.61. The van der Waals surface area contributed by atoms with Gasteiger partial charge in [0.15, 0.2) is 0 Å². The molecule has 1 unspecified atom stereocenters. The maximum atomic E-state index is 3.61. The number of nitrogens with one attached hydrogen (secondary N) is 1. The van der Waals surface area contributed by atoms with Gasteiger partial charge in [-0.15, -0.1) is 0 Å². The highest BCUT2D eigenvalue weighted by Gasteiger charge is 2.30. The highest BCUT2D eigenvalue weighted by molar-refractivity contribution is 5.56. The molecule has 0 bridgehead atoms. The molecule has 1 heteroatoms. The van der Waals surface area contributed by atoms with E-state index in [9.17, 15) is 0 Å². The first kappa shape index (κ1) is 9.57. The smallest absolute Gasteiger partial charge is 0.0377 e. The van der Waals surface area contributed by atoms with Crippen LogP contribution in [0.4, 0.5) is 5.69 Å². The molecule has 0 aliphatic carbocycles. The van der Waals surface area contributed by atoms with Crippen molar-refractivity contribution >= 4 is 5.69 Å².